The summed E-state index contributed by atoms with van der Waals surface area (Å²) in [5.41, 5.74) is 0.401. The molecule has 1 aliphatic rings. The molecule has 1 aliphatic carbocycles. The summed E-state index contributed by atoms with van der Waals surface area (Å²) < 4.78 is 57.7. The molecular weight excluding hydrogens is 426 g/mol. The molecule has 0 aliphatic heterocycles. The lowest BCUT2D eigenvalue weighted by molar-refractivity contribution is 0.296. The number of halogens is 4. The van der Waals surface area contributed by atoms with E-state index in [1.54, 1.807) is 0 Å². The predicted octanol–water partition coefficient (Wildman–Crippen LogP) is 8.25. The van der Waals surface area contributed by atoms with Gasteiger partial charge >= 0.3 is 0 Å². The minimum atomic E-state index is -1.14. The monoisotopic (exact) mass is 451 g/mol. The van der Waals surface area contributed by atoms with Crippen molar-refractivity contribution in [1.82, 2.24) is 0 Å². The average molecular weight is 452 g/mol. The molecule has 1 fully saturated rings. The first-order valence-electron chi connectivity index (χ1n) is 11.3. The molecule has 0 saturated heterocycles. The maximum absolute atomic E-state index is 14.9. The topological polar surface area (TPSA) is 23.8 Å². The van der Waals surface area contributed by atoms with Gasteiger partial charge in [0.1, 0.15) is 34.9 Å². The number of hydrogen-bond donors (Lipinski definition) is 0. The third kappa shape index (κ3) is 4.95. The van der Waals surface area contributed by atoms with Gasteiger partial charge < -0.3 is 0 Å². The van der Waals surface area contributed by atoms with Crippen molar-refractivity contribution in [3.05, 3.63) is 94.6 Å². The van der Waals surface area contributed by atoms with Gasteiger partial charge in [0, 0.05) is 0 Å². The summed E-state index contributed by atoms with van der Waals surface area (Å²) in [6.45, 7) is 2.24. The summed E-state index contributed by atoms with van der Waals surface area (Å²) in [5.74, 6) is -2.88. The second kappa shape index (κ2) is 9.79. The van der Waals surface area contributed by atoms with E-state index < -0.39 is 34.4 Å². The van der Waals surface area contributed by atoms with Gasteiger partial charge in [0.2, 0.25) is 0 Å². The summed E-state index contributed by atoms with van der Waals surface area (Å²) in [6, 6.07) is 16.0. The van der Waals surface area contributed by atoms with Crippen molar-refractivity contribution >= 4 is 0 Å². The number of nitriles is 1. The van der Waals surface area contributed by atoms with Crippen LogP contribution in [-0.2, 0) is 0 Å². The van der Waals surface area contributed by atoms with Crippen LogP contribution in [0.4, 0.5) is 17.6 Å². The Hall–Kier alpha value is -3.13. The van der Waals surface area contributed by atoms with Gasteiger partial charge in [0.05, 0.1) is 5.56 Å². The summed E-state index contributed by atoms with van der Waals surface area (Å²) in [6.07, 6.45) is 4.79. The molecule has 3 aromatic carbocycles. The normalized spacial score (nSPS) is 19.2. The van der Waals surface area contributed by atoms with Crippen molar-refractivity contribution in [2.45, 2.75) is 50.9 Å². The van der Waals surface area contributed by atoms with E-state index in [2.05, 4.69) is 31.2 Å². The Labute approximate surface area is 191 Å². The summed E-state index contributed by atoms with van der Waals surface area (Å²) in [4.78, 5) is 0. The van der Waals surface area contributed by atoms with Crippen molar-refractivity contribution < 1.29 is 17.6 Å². The molecule has 0 radical (unpaired) electrons. The molecule has 0 amide bonds. The third-order valence-corrected chi connectivity index (χ3v) is 6.88. The lowest BCUT2D eigenvalue weighted by Crippen LogP contribution is -2.15. The van der Waals surface area contributed by atoms with E-state index in [1.807, 2.05) is 6.07 Å². The van der Waals surface area contributed by atoms with Crippen LogP contribution in [-0.4, -0.2) is 0 Å². The van der Waals surface area contributed by atoms with Crippen molar-refractivity contribution in [2.24, 2.45) is 5.92 Å². The standard InChI is InChI=1S/C28H25F4N/c1-17(19-5-3-2-4-6-19)11-18-7-9-20(10-8-18)21-12-26(31)28(27(32)13-21)22-14-24(29)23(16-33)25(30)15-22/h2-6,12-15,17-18,20H,7-11H2,1H3/t17-,18?,20?/m0/s1. The van der Waals surface area contributed by atoms with Crippen LogP contribution in [0.25, 0.3) is 11.1 Å². The fraction of sp³-hybridized carbons (Fsp3) is 0.321. The fourth-order valence-corrected chi connectivity index (χ4v) is 5.08. The summed E-state index contributed by atoms with van der Waals surface area (Å²) in [5, 5.41) is 8.80. The Morgan fingerprint density at radius 1 is 0.848 bits per heavy atom. The maximum Gasteiger partial charge on any atom is 0.144 e. The van der Waals surface area contributed by atoms with Gasteiger partial charge in [-0.3, -0.25) is 0 Å². The summed E-state index contributed by atoms with van der Waals surface area (Å²) in [7, 11) is 0. The molecule has 3 aromatic rings. The molecule has 1 atom stereocenters. The van der Waals surface area contributed by atoms with Crippen LogP contribution in [0.2, 0.25) is 0 Å². The molecule has 0 spiro atoms. The summed E-state index contributed by atoms with van der Waals surface area (Å²) >= 11 is 0. The van der Waals surface area contributed by atoms with Gasteiger partial charge in [-0.15, -0.1) is 0 Å². The molecule has 1 saturated carbocycles. The van der Waals surface area contributed by atoms with Crippen LogP contribution in [0.3, 0.4) is 0 Å². The molecule has 0 aromatic heterocycles. The first-order valence-corrected chi connectivity index (χ1v) is 11.3. The maximum atomic E-state index is 14.9. The largest absolute Gasteiger partial charge is 0.206 e. The zero-order valence-corrected chi connectivity index (χ0v) is 18.4. The van der Waals surface area contributed by atoms with E-state index >= 15 is 0 Å². The Morgan fingerprint density at radius 2 is 1.42 bits per heavy atom. The molecule has 4 rings (SSSR count). The van der Waals surface area contributed by atoms with Crippen LogP contribution in [0, 0.1) is 40.5 Å². The SMILES string of the molecule is C[C@@H](CC1CCC(c2cc(F)c(-c3cc(F)c(C#N)c(F)c3)c(F)c2)CC1)c1ccccc1. The highest BCUT2D eigenvalue weighted by atomic mass is 19.1. The van der Waals surface area contributed by atoms with Gasteiger partial charge in [-0.2, -0.15) is 5.26 Å². The van der Waals surface area contributed by atoms with Crippen LogP contribution >= 0.6 is 0 Å². The second-order valence-corrected chi connectivity index (χ2v) is 9.05. The molecule has 0 N–H and O–H groups in total. The van der Waals surface area contributed by atoms with Gasteiger partial charge in [-0.1, -0.05) is 37.3 Å². The van der Waals surface area contributed by atoms with Crippen LogP contribution in [0.15, 0.2) is 54.6 Å². The smallest absolute Gasteiger partial charge is 0.144 e. The lowest BCUT2D eigenvalue weighted by Gasteiger charge is -2.30. The third-order valence-electron chi connectivity index (χ3n) is 6.88. The predicted molar refractivity (Wildman–Crippen MR) is 121 cm³/mol. The fourth-order valence-electron chi connectivity index (χ4n) is 5.08. The van der Waals surface area contributed by atoms with E-state index in [0.717, 1.165) is 44.2 Å². The lowest BCUT2D eigenvalue weighted by atomic mass is 9.75. The highest BCUT2D eigenvalue weighted by Gasteiger charge is 2.26. The zero-order valence-electron chi connectivity index (χ0n) is 18.4. The molecule has 0 heterocycles. The second-order valence-electron chi connectivity index (χ2n) is 9.05. The number of rotatable bonds is 5. The van der Waals surface area contributed by atoms with E-state index in [-0.39, 0.29) is 11.5 Å². The van der Waals surface area contributed by atoms with Gasteiger partial charge in [-0.05, 0) is 90.8 Å². The van der Waals surface area contributed by atoms with E-state index in [9.17, 15) is 17.6 Å². The van der Waals surface area contributed by atoms with Gasteiger partial charge in [-0.25, -0.2) is 17.6 Å². The Balaban J connectivity index is 1.47. The highest BCUT2D eigenvalue weighted by molar-refractivity contribution is 5.66. The molecule has 170 valence electrons. The zero-order chi connectivity index (χ0) is 23.5. The minimum Gasteiger partial charge on any atom is -0.206 e. The number of benzene rings is 3. The Bertz CT molecular complexity index is 1130. The van der Waals surface area contributed by atoms with Crippen LogP contribution < -0.4 is 0 Å². The van der Waals surface area contributed by atoms with E-state index in [0.29, 0.717) is 17.4 Å². The number of hydrogen-bond acceptors (Lipinski definition) is 1. The quantitative estimate of drug-likeness (QED) is 0.358. The molecule has 0 bridgehead atoms. The Kier molecular flexibility index (Phi) is 6.83. The van der Waals surface area contributed by atoms with Gasteiger partial charge in [0.25, 0.3) is 0 Å². The molecule has 1 nitrogen and oxygen atoms in total. The molecule has 5 heteroatoms. The van der Waals surface area contributed by atoms with Gasteiger partial charge in [0.15, 0.2) is 0 Å². The number of nitrogens with zero attached hydrogens (tertiary/aromatic N) is 1. The highest BCUT2D eigenvalue weighted by Crippen LogP contribution is 2.41. The first kappa shape index (κ1) is 23.0. The van der Waals surface area contributed by atoms with Crippen LogP contribution in [0.5, 0.6) is 0 Å². The van der Waals surface area contributed by atoms with E-state index in [4.69, 9.17) is 5.26 Å². The molecular formula is C28H25F4N. The molecule has 0 unspecified atom stereocenters. The van der Waals surface area contributed by atoms with Crippen molar-refractivity contribution in [3.8, 4) is 17.2 Å². The molecule has 33 heavy (non-hydrogen) atoms. The van der Waals surface area contributed by atoms with E-state index in [1.165, 1.54) is 23.8 Å². The first-order chi connectivity index (χ1) is 15.9. The van der Waals surface area contributed by atoms with Crippen molar-refractivity contribution in [1.29, 1.82) is 5.26 Å². The minimum absolute atomic E-state index is 0.0563. The average Bonchev–Trinajstić information content (AvgIpc) is 2.79. The van der Waals surface area contributed by atoms with Crippen molar-refractivity contribution in [3.63, 3.8) is 0 Å². The van der Waals surface area contributed by atoms with Crippen molar-refractivity contribution in [2.75, 3.05) is 0 Å². The Morgan fingerprint density at radius 3 is 1.97 bits per heavy atom. The van der Waals surface area contributed by atoms with Crippen LogP contribution in [0.1, 0.15) is 67.6 Å².